The molecule has 0 aliphatic heterocycles. The number of halogens is 3. The Labute approximate surface area is 164 Å². The highest BCUT2D eigenvalue weighted by atomic mass is 19.4. The summed E-state index contributed by atoms with van der Waals surface area (Å²) in [6.45, 7) is 1.91. The lowest BCUT2D eigenvalue weighted by Gasteiger charge is -2.21. The molecule has 1 atom stereocenters. The van der Waals surface area contributed by atoms with Crippen LogP contribution in [0.4, 0.5) is 18.9 Å². The smallest absolute Gasteiger partial charge is 0.422 e. The van der Waals surface area contributed by atoms with Crippen molar-refractivity contribution in [1.29, 1.82) is 5.26 Å². The summed E-state index contributed by atoms with van der Waals surface area (Å²) in [5, 5.41) is 14.2. The number of hydrogen-bond donors (Lipinski definition) is 2. The molecule has 7 nitrogen and oxygen atoms in total. The highest BCUT2D eigenvalue weighted by Gasteiger charge is 2.29. The summed E-state index contributed by atoms with van der Waals surface area (Å²) in [7, 11) is 0. The van der Waals surface area contributed by atoms with Crippen LogP contribution in [0.2, 0.25) is 0 Å². The van der Waals surface area contributed by atoms with Gasteiger partial charge in [-0.05, 0) is 36.2 Å². The topological polar surface area (TPSA) is 104 Å². The van der Waals surface area contributed by atoms with E-state index in [0.29, 0.717) is 0 Å². The Morgan fingerprint density at radius 2 is 2.00 bits per heavy atom. The van der Waals surface area contributed by atoms with Gasteiger partial charge in [0.25, 0.3) is 5.91 Å². The number of nitrogens with one attached hydrogen (secondary N) is 2. The van der Waals surface area contributed by atoms with E-state index < -0.39 is 30.6 Å². The first kappa shape index (κ1) is 21.8. The third-order valence-electron chi connectivity index (χ3n) is 3.74. The molecule has 0 saturated heterocycles. The third kappa shape index (κ3) is 6.27. The van der Waals surface area contributed by atoms with E-state index in [1.165, 1.54) is 30.5 Å². The van der Waals surface area contributed by atoms with Gasteiger partial charge in [-0.25, -0.2) is 0 Å². The molecule has 1 aromatic carbocycles. The summed E-state index contributed by atoms with van der Waals surface area (Å²) in [5.41, 5.74) is -0.00317. The van der Waals surface area contributed by atoms with E-state index in [4.69, 9.17) is 9.68 Å². The van der Waals surface area contributed by atoms with Crippen LogP contribution in [0.1, 0.15) is 30.0 Å². The van der Waals surface area contributed by atoms with Crippen molar-refractivity contribution >= 4 is 17.5 Å². The van der Waals surface area contributed by atoms with Gasteiger partial charge in [0, 0.05) is 5.69 Å². The summed E-state index contributed by atoms with van der Waals surface area (Å²) in [6, 6.07) is 7.44. The molecule has 0 spiro atoms. The summed E-state index contributed by atoms with van der Waals surface area (Å²) in [5.74, 6) is -1.63. The molecular formula is C19H18F3N3O4. The fraction of sp³-hybridized carbons (Fsp3) is 0.316. The second kappa shape index (κ2) is 9.14. The number of amides is 2. The van der Waals surface area contributed by atoms with Crippen LogP contribution in [-0.4, -0.2) is 30.6 Å². The number of furan rings is 1. The molecule has 0 fully saturated rings. The molecular weight excluding hydrogens is 391 g/mol. The average Bonchev–Trinajstić information content (AvgIpc) is 3.18. The fourth-order valence-electron chi connectivity index (χ4n) is 2.36. The van der Waals surface area contributed by atoms with E-state index in [2.05, 4.69) is 15.4 Å². The molecule has 29 heavy (non-hydrogen) atoms. The van der Waals surface area contributed by atoms with E-state index in [1.54, 1.807) is 19.9 Å². The van der Waals surface area contributed by atoms with Crippen molar-refractivity contribution in [3.05, 3.63) is 47.9 Å². The second-order valence-corrected chi connectivity index (χ2v) is 6.39. The number of benzene rings is 1. The van der Waals surface area contributed by atoms with Gasteiger partial charge in [0.1, 0.15) is 17.9 Å². The molecule has 1 heterocycles. The van der Waals surface area contributed by atoms with Crippen molar-refractivity contribution in [3.63, 3.8) is 0 Å². The zero-order chi connectivity index (χ0) is 21.6. The summed E-state index contributed by atoms with van der Waals surface area (Å²) >= 11 is 0. The normalized spacial score (nSPS) is 12.2. The van der Waals surface area contributed by atoms with Crippen molar-refractivity contribution in [2.24, 2.45) is 5.92 Å². The number of alkyl halides is 3. The van der Waals surface area contributed by atoms with Gasteiger partial charge in [-0.2, -0.15) is 18.4 Å². The monoisotopic (exact) mass is 409 g/mol. The molecule has 1 aromatic heterocycles. The van der Waals surface area contributed by atoms with E-state index in [-0.39, 0.29) is 28.7 Å². The highest BCUT2D eigenvalue weighted by molar-refractivity contribution is 6.00. The van der Waals surface area contributed by atoms with Crippen LogP contribution >= 0.6 is 0 Å². The predicted octanol–water partition coefficient (Wildman–Crippen LogP) is 3.49. The molecule has 0 radical (unpaired) electrons. The number of carbonyl (C=O) groups excluding carboxylic acids is 2. The lowest BCUT2D eigenvalue weighted by atomic mass is 10.0. The molecule has 0 aliphatic carbocycles. The molecule has 154 valence electrons. The first-order chi connectivity index (χ1) is 13.6. The number of nitriles is 1. The van der Waals surface area contributed by atoms with Crippen LogP contribution < -0.4 is 15.4 Å². The van der Waals surface area contributed by atoms with Gasteiger partial charge in [-0.15, -0.1) is 0 Å². The van der Waals surface area contributed by atoms with E-state index in [9.17, 15) is 22.8 Å². The number of carbonyl (C=O) groups is 2. The van der Waals surface area contributed by atoms with Crippen LogP contribution in [0.15, 0.2) is 41.0 Å². The van der Waals surface area contributed by atoms with Crippen LogP contribution in [0.3, 0.4) is 0 Å². The molecule has 2 aromatic rings. The van der Waals surface area contributed by atoms with Crippen molar-refractivity contribution in [2.45, 2.75) is 26.1 Å². The minimum atomic E-state index is -4.55. The van der Waals surface area contributed by atoms with Gasteiger partial charge in [0.15, 0.2) is 12.4 Å². The Bertz CT molecular complexity index is 902. The summed E-state index contributed by atoms with van der Waals surface area (Å²) in [4.78, 5) is 24.7. The largest absolute Gasteiger partial charge is 0.483 e. The summed E-state index contributed by atoms with van der Waals surface area (Å²) in [6.07, 6.45) is -3.22. The SMILES string of the molecule is CC(C)C(NC(=O)c1ccco1)C(=O)Nc1ccc(OCC(F)(F)F)c(C#N)c1. The minimum Gasteiger partial charge on any atom is -0.483 e. The maximum absolute atomic E-state index is 12.6. The first-order valence-corrected chi connectivity index (χ1v) is 8.49. The van der Waals surface area contributed by atoms with Crippen molar-refractivity contribution in [1.82, 2.24) is 5.32 Å². The molecule has 0 bridgehead atoms. The maximum atomic E-state index is 12.6. The van der Waals surface area contributed by atoms with Crippen molar-refractivity contribution < 1.29 is 31.9 Å². The number of ether oxygens (including phenoxy) is 1. The Morgan fingerprint density at radius 1 is 1.28 bits per heavy atom. The number of anilines is 1. The van der Waals surface area contributed by atoms with E-state index >= 15 is 0 Å². The first-order valence-electron chi connectivity index (χ1n) is 8.49. The molecule has 2 rings (SSSR count). The molecule has 0 aliphatic rings. The zero-order valence-corrected chi connectivity index (χ0v) is 15.5. The molecule has 10 heteroatoms. The molecule has 0 saturated carbocycles. The Morgan fingerprint density at radius 3 is 2.55 bits per heavy atom. The van der Waals surface area contributed by atoms with Gasteiger partial charge >= 0.3 is 6.18 Å². The Hall–Kier alpha value is -3.48. The second-order valence-electron chi connectivity index (χ2n) is 6.39. The van der Waals surface area contributed by atoms with Gasteiger partial charge in [-0.3, -0.25) is 9.59 Å². The van der Waals surface area contributed by atoms with Crippen molar-refractivity contribution in [3.8, 4) is 11.8 Å². The van der Waals surface area contributed by atoms with Gasteiger partial charge < -0.3 is 19.8 Å². The number of hydrogen-bond acceptors (Lipinski definition) is 5. The Balaban J connectivity index is 2.11. The maximum Gasteiger partial charge on any atom is 0.422 e. The lowest BCUT2D eigenvalue weighted by molar-refractivity contribution is -0.153. The fourth-order valence-corrected chi connectivity index (χ4v) is 2.36. The number of nitrogens with zero attached hydrogens (tertiary/aromatic N) is 1. The standard InChI is InChI=1S/C19H18F3N3O4/c1-11(2)16(25-17(26)15-4-3-7-28-15)18(27)24-13-5-6-14(12(8-13)9-23)29-10-19(20,21)22/h3-8,11,16H,10H2,1-2H3,(H,24,27)(H,25,26). The van der Waals surface area contributed by atoms with Gasteiger partial charge in [0.05, 0.1) is 11.8 Å². The molecule has 1 unspecified atom stereocenters. The minimum absolute atomic E-state index is 0.0429. The van der Waals surface area contributed by atoms with Crippen LogP contribution in [0, 0.1) is 17.2 Å². The Kier molecular flexibility index (Phi) is 6.88. The van der Waals surface area contributed by atoms with E-state index in [1.807, 2.05) is 0 Å². The number of rotatable bonds is 7. The van der Waals surface area contributed by atoms with Crippen LogP contribution in [0.5, 0.6) is 5.75 Å². The van der Waals surface area contributed by atoms with Gasteiger partial charge in [-0.1, -0.05) is 13.8 Å². The van der Waals surface area contributed by atoms with E-state index in [0.717, 1.165) is 6.07 Å². The van der Waals surface area contributed by atoms with Crippen molar-refractivity contribution in [2.75, 3.05) is 11.9 Å². The molecule has 2 amide bonds. The highest BCUT2D eigenvalue weighted by Crippen LogP contribution is 2.25. The zero-order valence-electron chi connectivity index (χ0n) is 15.5. The lowest BCUT2D eigenvalue weighted by Crippen LogP contribution is -2.47. The predicted molar refractivity (Wildman–Crippen MR) is 96.1 cm³/mol. The molecule has 2 N–H and O–H groups in total. The summed E-state index contributed by atoms with van der Waals surface area (Å²) < 4.78 is 46.5. The third-order valence-corrected chi connectivity index (χ3v) is 3.74. The average molecular weight is 409 g/mol. The van der Waals surface area contributed by atoms with Crippen LogP contribution in [-0.2, 0) is 4.79 Å². The van der Waals surface area contributed by atoms with Crippen LogP contribution in [0.25, 0.3) is 0 Å². The quantitative estimate of drug-likeness (QED) is 0.729. The van der Waals surface area contributed by atoms with Gasteiger partial charge in [0.2, 0.25) is 5.91 Å².